The Kier molecular flexibility index (Phi) is 5.06. The standard InChI is InChI=1S/C14H12ClF3O3/c1-3-11(19)12(7(2)13(20)21)8-4-5-10(15)9(6-8)14(16,17)18/h3-6,19H,1-2H3,(H,20,21)/b11-3+,12-7+. The van der Waals surface area contributed by atoms with Crippen LogP contribution in [0.3, 0.4) is 0 Å². The van der Waals surface area contributed by atoms with Gasteiger partial charge in [-0.15, -0.1) is 0 Å². The summed E-state index contributed by atoms with van der Waals surface area (Å²) in [5, 5.41) is 18.3. The molecule has 3 nitrogen and oxygen atoms in total. The van der Waals surface area contributed by atoms with E-state index in [1.807, 2.05) is 0 Å². The zero-order valence-corrected chi connectivity index (χ0v) is 11.9. The smallest absolute Gasteiger partial charge is 0.417 e. The minimum Gasteiger partial charge on any atom is -0.508 e. The molecule has 0 saturated heterocycles. The number of aliphatic carboxylic acids is 1. The second kappa shape index (κ2) is 6.22. The summed E-state index contributed by atoms with van der Waals surface area (Å²) in [5.74, 6) is -1.77. The van der Waals surface area contributed by atoms with Crippen molar-refractivity contribution < 1.29 is 28.2 Å². The van der Waals surface area contributed by atoms with Gasteiger partial charge >= 0.3 is 12.1 Å². The van der Waals surface area contributed by atoms with E-state index in [0.29, 0.717) is 6.07 Å². The van der Waals surface area contributed by atoms with Crippen molar-refractivity contribution in [3.05, 3.63) is 51.8 Å². The van der Waals surface area contributed by atoms with Crippen LogP contribution in [0.15, 0.2) is 35.6 Å². The van der Waals surface area contributed by atoms with Crippen LogP contribution in [-0.2, 0) is 11.0 Å². The fourth-order valence-electron chi connectivity index (χ4n) is 1.71. The number of carboxylic acids is 1. The van der Waals surface area contributed by atoms with Gasteiger partial charge in [0.1, 0.15) is 5.76 Å². The molecule has 114 valence electrons. The average molecular weight is 321 g/mol. The SMILES string of the molecule is C/C=C(O)\C(=C(/C)C(=O)O)c1ccc(Cl)c(C(F)(F)F)c1. The summed E-state index contributed by atoms with van der Waals surface area (Å²) >= 11 is 5.51. The first-order chi connectivity index (χ1) is 9.59. The highest BCUT2D eigenvalue weighted by molar-refractivity contribution is 6.31. The van der Waals surface area contributed by atoms with Gasteiger partial charge in [-0.3, -0.25) is 0 Å². The average Bonchev–Trinajstić information content (AvgIpc) is 2.38. The minimum atomic E-state index is -4.68. The zero-order valence-electron chi connectivity index (χ0n) is 11.1. The highest BCUT2D eigenvalue weighted by atomic mass is 35.5. The third-order valence-corrected chi connectivity index (χ3v) is 3.12. The summed E-state index contributed by atoms with van der Waals surface area (Å²) in [6.07, 6.45) is -3.48. The van der Waals surface area contributed by atoms with Gasteiger partial charge in [-0.1, -0.05) is 17.7 Å². The number of hydrogen-bond donors (Lipinski definition) is 2. The van der Waals surface area contributed by atoms with Crippen LogP contribution in [-0.4, -0.2) is 16.2 Å². The van der Waals surface area contributed by atoms with Crippen LogP contribution >= 0.6 is 11.6 Å². The van der Waals surface area contributed by atoms with Crippen LogP contribution in [0.25, 0.3) is 5.57 Å². The van der Waals surface area contributed by atoms with Gasteiger partial charge in [-0.05, 0) is 37.6 Å². The number of carboxylic acid groups (broad SMARTS) is 1. The van der Waals surface area contributed by atoms with Crippen LogP contribution in [0.5, 0.6) is 0 Å². The number of rotatable bonds is 3. The van der Waals surface area contributed by atoms with E-state index >= 15 is 0 Å². The first kappa shape index (κ1) is 17.1. The third-order valence-electron chi connectivity index (χ3n) is 2.79. The van der Waals surface area contributed by atoms with E-state index in [2.05, 4.69) is 0 Å². The summed E-state index contributed by atoms with van der Waals surface area (Å²) in [5.41, 5.74) is -1.64. The van der Waals surface area contributed by atoms with Crippen LogP contribution < -0.4 is 0 Å². The van der Waals surface area contributed by atoms with Gasteiger partial charge in [0.2, 0.25) is 0 Å². The fraction of sp³-hybridized carbons (Fsp3) is 0.214. The summed E-state index contributed by atoms with van der Waals surface area (Å²) in [4.78, 5) is 11.0. The molecule has 1 aromatic rings. The van der Waals surface area contributed by atoms with Crippen molar-refractivity contribution >= 4 is 23.1 Å². The molecule has 0 fully saturated rings. The predicted molar refractivity (Wildman–Crippen MR) is 73.1 cm³/mol. The normalized spacial score (nSPS) is 13.9. The Morgan fingerprint density at radius 3 is 2.29 bits per heavy atom. The molecular formula is C14H12ClF3O3. The monoisotopic (exact) mass is 320 g/mol. The molecule has 0 bridgehead atoms. The Labute approximate surface area is 124 Å². The first-order valence-electron chi connectivity index (χ1n) is 5.76. The molecule has 0 aliphatic carbocycles. The van der Waals surface area contributed by atoms with Crippen molar-refractivity contribution in [3.63, 3.8) is 0 Å². The minimum absolute atomic E-state index is 0.0813. The van der Waals surface area contributed by atoms with E-state index in [1.54, 1.807) is 0 Å². The Hall–Kier alpha value is -1.95. The molecule has 0 atom stereocenters. The maximum atomic E-state index is 12.8. The number of aliphatic hydroxyl groups excluding tert-OH is 1. The molecule has 0 radical (unpaired) electrons. The zero-order chi connectivity index (χ0) is 16.4. The number of carbonyl (C=O) groups is 1. The molecule has 0 aliphatic heterocycles. The van der Waals surface area contributed by atoms with Crippen LogP contribution in [0.1, 0.15) is 25.0 Å². The van der Waals surface area contributed by atoms with Crippen molar-refractivity contribution in [1.82, 2.24) is 0 Å². The van der Waals surface area contributed by atoms with Crippen molar-refractivity contribution in [2.45, 2.75) is 20.0 Å². The summed E-state index contributed by atoms with van der Waals surface area (Å²) in [6.45, 7) is 2.63. The fourth-order valence-corrected chi connectivity index (χ4v) is 1.93. The Morgan fingerprint density at radius 1 is 1.29 bits per heavy atom. The second-order valence-electron chi connectivity index (χ2n) is 4.17. The largest absolute Gasteiger partial charge is 0.508 e. The quantitative estimate of drug-likeness (QED) is 0.483. The molecule has 0 aliphatic rings. The topological polar surface area (TPSA) is 57.5 Å². The van der Waals surface area contributed by atoms with Gasteiger partial charge in [-0.2, -0.15) is 13.2 Å². The number of halogens is 4. The second-order valence-corrected chi connectivity index (χ2v) is 4.58. The molecule has 2 N–H and O–H groups in total. The Bertz CT molecular complexity index is 631. The molecular weight excluding hydrogens is 309 g/mol. The Balaban J connectivity index is 3.63. The lowest BCUT2D eigenvalue weighted by Crippen LogP contribution is -2.08. The number of aliphatic hydroxyl groups is 1. The van der Waals surface area contributed by atoms with Gasteiger partial charge in [0.15, 0.2) is 0 Å². The molecule has 0 unspecified atom stereocenters. The van der Waals surface area contributed by atoms with Crippen molar-refractivity contribution in [2.24, 2.45) is 0 Å². The molecule has 0 spiro atoms. The van der Waals surface area contributed by atoms with Gasteiger partial charge in [-0.25, -0.2) is 4.79 Å². The van der Waals surface area contributed by atoms with E-state index in [9.17, 15) is 23.1 Å². The molecule has 1 rings (SSSR count). The maximum Gasteiger partial charge on any atom is 0.417 e. The lowest BCUT2D eigenvalue weighted by molar-refractivity contribution is -0.137. The van der Waals surface area contributed by atoms with Gasteiger partial charge in [0.05, 0.1) is 10.6 Å². The van der Waals surface area contributed by atoms with Crippen LogP contribution in [0.2, 0.25) is 5.02 Å². The summed E-state index contributed by atoms with van der Waals surface area (Å²) in [6, 6.07) is 2.95. The van der Waals surface area contributed by atoms with E-state index in [-0.39, 0.29) is 16.7 Å². The van der Waals surface area contributed by atoms with Crippen molar-refractivity contribution in [1.29, 1.82) is 0 Å². The van der Waals surface area contributed by atoms with Crippen molar-refractivity contribution in [2.75, 3.05) is 0 Å². The predicted octanol–water partition coefficient (Wildman–Crippen LogP) is 4.68. The molecule has 0 amide bonds. The van der Waals surface area contributed by atoms with Crippen LogP contribution in [0, 0.1) is 0 Å². The molecule has 21 heavy (non-hydrogen) atoms. The molecule has 0 saturated carbocycles. The molecule has 0 heterocycles. The van der Waals surface area contributed by atoms with Gasteiger partial charge < -0.3 is 10.2 Å². The number of alkyl halides is 3. The molecule has 7 heteroatoms. The Morgan fingerprint density at radius 2 is 1.86 bits per heavy atom. The summed E-state index contributed by atoms with van der Waals surface area (Å²) in [7, 11) is 0. The van der Waals surface area contributed by atoms with E-state index < -0.39 is 28.5 Å². The van der Waals surface area contributed by atoms with E-state index in [1.165, 1.54) is 26.0 Å². The highest BCUT2D eigenvalue weighted by Gasteiger charge is 2.34. The maximum absolute atomic E-state index is 12.8. The van der Waals surface area contributed by atoms with E-state index in [4.69, 9.17) is 16.7 Å². The number of benzene rings is 1. The lowest BCUT2D eigenvalue weighted by atomic mass is 9.96. The van der Waals surface area contributed by atoms with Crippen LogP contribution in [0.4, 0.5) is 13.2 Å². The van der Waals surface area contributed by atoms with Crippen molar-refractivity contribution in [3.8, 4) is 0 Å². The molecule has 1 aromatic carbocycles. The highest BCUT2D eigenvalue weighted by Crippen LogP contribution is 2.37. The number of hydrogen-bond acceptors (Lipinski definition) is 2. The number of allylic oxidation sites excluding steroid dienone is 2. The van der Waals surface area contributed by atoms with Gasteiger partial charge in [0.25, 0.3) is 0 Å². The first-order valence-corrected chi connectivity index (χ1v) is 6.14. The third kappa shape index (κ3) is 3.78. The summed E-state index contributed by atoms with van der Waals surface area (Å²) < 4.78 is 38.5. The molecule has 0 aromatic heterocycles. The van der Waals surface area contributed by atoms with E-state index in [0.717, 1.165) is 6.07 Å². The van der Waals surface area contributed by atoms with Gasteiger partial charge in [0, 0.05) is 11.1 Å². The lowest BCUT2D eigenvalue weighted by Gasteiger charge is -2.14.